The summed E-state index contributed by atoms with van der Waals surface area (Å²) >= 11 is 4.23. The van der Waals surface area contributed by atoms with Crippen molar-refractivity contribution in [1.29, 1.82) is 0 Å². The highest BCUT2D eigenvalue weighted by atomic mass is 79.9. The van der Waals surface area contributed by atoms with Gasteiger partial charge in [0.1, 0.15) is 9.48 Å². The van der Waals surface area contributed by atoms with Crippen molar-refractivity contribution in [1.82, 2.24) is 4.98 Å². The van der Waals surface area contributed by atoms with Gasteiger partial charge in [-0.15, -0.1) is 11.3 Å². The molecule has 0 aliphatic heterocycles. The molecule has 18 heavy (non-hydrogen) atoms. The maximum atomic E-state index is 11.9. The average molecular weight is 327 g/mol. The molecule has 0 saturated carbocycles. The predicted octanol–water partition coefficient (Wildman–Crippen LogP) is 2.86. The Morgan fingerprint density at radius 2 is 2.17 bits per heavy atom. The van der Waals surface area contributed by atoms with Gasteiger partial charge in [-0.1, -0.05) is 0 Å². The van der Waals surface area contributed by atoms with Gasteiger partial charge in [0.25, 0.3) is 5.91 Å². The molecule has 0 aliphatic rings. The molecule has 92 valence electrons. The van der Waals surface area contributed by atoms with E-state index in [1.165, 1.54) is 6.20 Å². The van der Waals surface area contributed by atoms with Crippen molar-refractivity contribution < 1.29 is 14.7 Å². The number of carboxylic acids is 1. The van der Waals surface area contributed by atoms with Gasteiger partial charge in [-0.05, 0) is 39.5 Å². The van der Waals surface area contributed by atoms with E-state index in [4.69, 9.17) is 5.11 Å². The Balaban J connectivity index is 2.21. The first-order valence-electron chi connectivity index (χ1n) is 4.81. The van der Waals surface area contributed by atoms with Crippen molar-refractivity contribution in [3.05, 3.63) is 44.8 Å². The Hall–Kier alpha value is -1.73. The van der Waals surface area contributed by atoms with Gasteiger partial charge in [0, 0.05) is 11.8 Å². The topological polar surface area (TPSA) is 79.3 Å². The fraction of sp³-hybridized carbons (Fsp3) is 0. The molecule has 7 heteroatoms. The molecule has 2 aromatic rings. The fourth-order valence-electron chi connectivity index (χ4n) is 1.31. The molecule has 0 radical (unpaired) electrons. The van der Waals surface area contributed by atoms with Crippen LogP contribution in [0, 0.1) is 0 Å². The molecule has 0 spiro atoms. The van der Waals surface area contributed by atoms with Crippen LogP contribution in [-0.4, -0.2) is 22.0 Å². The van der Waals surface area contributed by atoms with E-state index in [0.29, 0.717) is 15.9 Å². The molecule has 2 aromatic heterocycles. The summed E-state index contributed by atoms with van der Waals surface area (Å²) in [5.41, 5.74) is 0.699. The molecule has 2 N–H and O–H groups in total. The van der Waals surface area contributed by atoms with E-state index in [0.717, 1.165) is 11.3 Å². The Kier molecular flexibility index (Phi) is 3.73. The number of aromatic nitrogens is 1. The van der Waals surface area contributed by atoms with Gasteiger partial charge >= 0.3 is 5.97 Å². The number of hydrogen-bond acceptors (Lipinski definition) is 4. The Morgan fingerprint density at radius 1 is 1.39 bits per heavy atom. The number of nitrogens with zero attached hydrogens (tertiary/aromatic N) is 1. The lowest BCUT2D eigenvalue weighted by molar-refractivity contribution is 0.0703. The minimum atomic E-state index is -1.06. The van der Waals surface area contributed by atoms with Gasteiger partial charge in [0.15, 0.2) is 0 Å². The van der Waals surface area contributed by atoms with E-state index in [9.17, 15) is 9.59 Å². The highest BCUT2D eigenvalue weighted by Gasteiger charge is 2.15. The first-order valence-corrected chi connectivity index (χ1v) is 6.49. The number of carboxylic acid groups (broad SMARTS) is 1. The van der Waals surface area contributed by atoms with E-state index in [1.54, 1.807) is 23.6 Å². The number of pyridine rings is 1. The molecule has 0 fully saturated rings. The van der Waals surface area contributed by atoms with Gasteiger partial charge in [-0.3, -0.25) is 4.79 Å². The quantitative estimate of drug-likeness (QED) is 0.850. The number of rotatable bonds is 3. The lowest BCUT2D eigenvalue weighted by atomic mass is 10.2. The minimum absolute atomic E-state index is 0.108. The molecule has 2 rings (SSSR count). The number of amides is 1. The highest BCUT2D eigenvalue weighted by Crippen LogP contribution is 2.23. The van der Waals surface area contributed by atoms with Crippen LogP contribution >= 0.6 is 27.3 Å². The van der Waals surface area contributed by atoms with Gasteiger partial charge in [-0.2, -0.15) is 0 Å². The fourth-order valence-corrected chi connectivity index (χ4v) is 2.36. The van der Waals surface area contributed by atoms with E-state index in [1.807, 2.05) is 0 Å². The maximum absolute atomic E-state index is 11.9. The first kappa shape index (κ1) is 12.7. The van der Waals surface area contributed by atoms with Crippen molar-refractivity contribution in [3.63, 3.8) is 0 Å². The lowest BCUT2D eigenvalue weighted by Crippen LogP contribution is -2.13. The summed E-state index contributed by atoms with van der Waals surface area (Å²) in [4.78, 5) is 26.8. The number of carbonyl (C=O) groups is 2. The number of hydrogen-bond donors (Lipinski definition) is 2. The predicted molar refractivity (Wildman–Crippen MR) is 71.2 cm³/mol. The van der Waals surface area contributed by atoms with Gasteiger partial charge < -0.3 is 10.4 Å². The van der Waals surface area contributed by atoms with Crippen LogP contribution in [0.1, 0.15) is 20.0 Å². The molecule has 0 unspecified atom stereocenters. The average Bonchev–Trinajstić information content (AvgIpc) is 2.77. The summed E-state index contributed by atoms with van der Waals surface area (Å²) in [7, 11) is 0. The van der Waals surface area contributed by atoms with Gasteiger partial charge in [0.05, 0.1) is 5.69 Å². The van der Waals surface area contributed by atoms with Crippen LogP contribution in [0.25, 0.3) is 0 Å². The standard InChI is InChI=1S/C11H7BrN2O3S/c12-8-5-6(1-3-13-8)10(15)14-7-2-4-18-9(7)11(16)17/h1-5H,(H,14,15)(H,16,17). The summed E-state index contributed by atoms with van der Waals surface area (Å²) in [5, 5.41) is 13.1. The number of thiophene rings is 1. The zero-order chi connectivity index (χ0) is 13.1. The third-order valence-electron chi connectivity index (χ3n) is 2.10. The van der Waals surface area contributed by atoms with Crippen molar-refractivity contribution in [2.24, 2.45) is 0 Å². The smallest absolute Gasteiger partial charge is 0.348 e. The van der Waals surface area contributed by atoms with Crippen LogP contribution in [0.2, 0.25) is 0 Å². The number of carbonyl (C=O) groups excluding carboxylic acids is 1. The molecular weight excluding hydrogens is 320 g/mol. The van der Waals surface area contributed by atoms with Crippen LogP contribution in [0.15, 0.2) is 34.4 Å². The van der Waals surface area contributed by atoms with Crippen molar-refractivity contribution in [2.75, 3.05) is 5.32 Å². The van der Waals surface area contributed by atoms with E-state index in [-0.39, 0.29) is 10.8 Å². The normalized spacial score (nSPS) is 10.1. The van der Waals surface area contributed by atoms with Crippen LogP contribution in [0.4, 0.5) is 5.69 Å². The highest BCUT2D eigenvalue weighted by molar-refractivity contribution is 9.10. The second-order valence-corrected chi connectivity index (χ2v) is 5.02. The van der Waals surface area contributed by atoms with E-state index < -0.39 is 5.97 Å². The number of anilines is 1. The summed E-state index contributed by atoms with van der Waals surface area (Å²) in [6.45, 7) is 0. The second kappa shape index (κ2) is 5.28. The van der Waals surface area contributed by atoms with Crippen molar-refractivity contribution >= 4 is 44.8 Å². The largest absolute Gasteiger partial charge is 0.477 e. The van der Waals surface area contributed by atoms with E-state index in [2.05, 4.69) is 26.2 Å². The van der Waals surface area contributed by atoms with E-state index >= 15 is 0 Å². The monoisotopic (exact) mass is 326 g/mol. The first-order chi connectivity index (χ1) is 8.58. The molecule has 5 nitrogen and oxygen atoms in total. The molecular formula is C11H7BrN2O3S. The molecule has 0 aromatic carbocycles. The van der Waals surface area contributed by atoms with Crippen LogP contribution in [0.5, 0.6) is 0 Å². The van der Waals surface area contributed by atoms with Gasteiger partial charge in [-0.25, -0.2) is 9.78 Å². The second-order valence-electron chi connectivity index (χ2n) is 3.29. The molecule has 0 bridgehead atoms. The number of halogens is 1. The molecule has 0 saturated heterocycles. The van der Waals surface area contributed by atoms with Crippen LogP contribution < -0.4 is 5.32 Å². The summed E-state index contributed by atoms with van der Waals surface area (Å²) in [6, 6.07) is 4.66. The molecule has 0 atom stereocenters. The molecule has 1 amide bonds. The maximum Gasteiger partial charge on any atom is 0.348 e. The zero-order valence-electron chi connectivity index (χ0n) is 8.88. The van der Waals surface area contributed by atoms with Crippen molar-refractivity contribution in [3.8, 4) is 0 Å². The third-order valence-corrected chi connectivity index (χ3v) is 3.43. The Morgan fingerprint density at radius 3 is 2.83 bits per heavy atom. The van der Waals surface area contributed by atoms with Crippen LogP contribution in [0.3, 0.4) is 0 Å². The SMILES string of the molecule is O=C(Nc1ccsc1C(=O)O)c1ccnc(Br)c1. The van der Waals surface area contributed by atoms with Gasteiger partial charge in [0.2, 0.25) is 0 Å². The molecule has 2 heterocycles. The van der Waals surface area contributed by atoms with Crippen LogP contribution in [-0.2, 0) is 0 Å². The Labute approximate surface area is 115 Å². The zero-order valence-corrected chi connectivity index (χ0v) is 11.3. The lowest BCUT2D eigenvalue weighted by Gasteiger charge is -2.04. The minimum Gasteiger partial charge on any atom is -0.477 e. The number of aromatic carboxylic acids is 1. The Bertz CT molecular complexity index is 612. The summed E-state index contributed by atoms with van der Waals surface area (Å²) < 4.78 is 0.541. The third kappa shape index (κ3) is 2.74. The summed E-state index contributed by atoms with van der Waals surface area (Å²) in [6.07, 6.45) is 1.49. The number of nitrogens with one attached hydrogen (secondary N) is 1. The summed E-state index contributed by atoms with van der Waals surface area (Å²) in [5.74, 6) is -1.43. The van der Waals surface area contributed by atoms with Crippen molar-refractivity contribution in [2.45, 2.75) is 0 Å². The molecule has 0 aliphatic carbocycles.